The Bertz CT molecular complexity index is 975. The van der Waals surface area contributed by atoms with E-state index in [2.05, 4.69) is 10.3 Å². The van der Waals surface area contributed by atoms with E-state index in [9.17, 15) is 9.90 Å². The number of aliphatic imine (C=N–C) groups is 1. The van der Waals surface area contributed by atoms with Crippen LogP contribution in [0.15, 0.2) is 53.0 Å². The highest BCUT2D eigenvalue weighted by atomic mass is 16.5. The molecule has 0 spiro atoms. The number of nitrogens with one attached hydrogen (secondary N) is 1. The van der Waals surface area contributed by atoms with Crippen molar-refractivity contribution in [1.82, 2.24) is 0 Å². The molecule has 0 amide bonds. The predicted octanol–water partition coefficient (Wildman–Crippen LogP) is 4.24. The molecule has 1 fully saturated rings. The normalized spacial score (nSPS) is 19.9. The van der Waals surface area contributed by atoms with Crippen molar-refractivity contribution in [2.24, 2.45) is 4.99 Å². The molecule has 4 rings (SSSR count). The van der Waals surface area contributed by atoms with Gasteiger partial charge in [0.25, 0.3) is 0 Å². The molecule has 5 nitrogen and oxygen atoms in total. The van der Waals surface area contributed by atoms with Crippen molar-refractivity contribution < 1.29 is 14.6 Å². The molecule has 1 aliphatic heterocycles. The molecule has 1 atom stereocenters. The molecule has 2 aromatic carbocycles. The fourth-order valence-electron chi connectivity index (χ4n) is 3.99. The Labute approximate surface area is 158 Å². The second-order valence-electron chi connectivity index (χ2n) is 6.81. The highest BCUT2D eigenvalue weighted by Gasteiger charge is 2.34. The summed E-state index contributed by atoms with van der Waals surface area (Å²) in [5, 5.41) is 12.9. The number of anilines is 1. The first-order valence-corrected chi connectivity index (χ1v) is 9.11. The number of nitrogens with zero attached hydrogens (tertiary/aromatic N) is 1. The lowest BCUT2D eigenvalue weighted by atomic mass is 9.79. The number of hydrogen-bond donors (Lipinski definition) is 2. The Kier molecular flexibility index (Phi) is 4.44. The van der Waals surface area contributed by atoms with Gasteiger partial charge in [-0.25, -0.2) is 4.79 Å². The number of carboxylic acid groups (broad SMARTS) is 1. The maximum atomic E-state index is 11.9. The van der Waals surface area contributed by atoms with Crippen LogP contribution in [0.2, 0.25) is 0 Å². The minimum atomic E-state index is -0.915. The molecule has 0 aromatic heterocycles. The number of hydrogen-bond acceptors (Lipinski definition) is 4. The molecule has 0 saturated heterocycles. The van der Waals surface area contributed by atoms with Gasteiger partial charge in [0.05, 0.1) is 5.56 Å². The first-order valence-electron chi connectivity index (χ1n) is 9.11. The topological polar surface area (TPSA) is 70.9 Å². The van der Waals surface area contributed by atoms with Gasteiger partial charge in [-0.05, 0) is 47.8 Å². The number of benzene rings is 2. The second-order valence-corrected chi connectivity index (χ2v) is 6.81. The molecule has 1 heterocycles. The number of carbonyl (C=O) groups is 1. The van der Waals surface area contributed by atoms with E-state index in [0.29, 0.717) is 5.56 Å². The average Bonchev–Trinajstić information content (AvgIpc) is 2.71. The maximum Gasteiger partial charge on any atom is 0.336 e. The molecule has 5 heteroatoms. The van der Waals surface area contributed by atoms with Crippen LogP contribution in [-0.4, -0.2) is 37.0 Å². The van der Waals surface area contributed by atoms with Gasteiger partial charge < -0.3 is 15.2 Å². The molecular formula is C22H22N2O3. The van der Waals surface area contributed by atoms with E-state index in [1.165, 1.54) is 5.57 Å². The zero-order valence-corrected chi connectivity index (χ0v) is 15.5. The summed E-state index contributed by atoms with van der Waals surface area (Å²) in [6.45, 7) is 0. The summed E-state index contributed by atoms with van der Waals surface area (Å²) in [5.74, 6) is -0.134. The number of aromatic carboxylic acids is 1. The van der Waals surface area contributed by atoms with Crippen molar-refractivity contribution in [2.75, 3.05) is 19.4 Å². The molecule has 0 bridgehead atoms. The van der Waals surface area contributed by atoms with Crippen molar-refractivity contribution >= 4 is 22.9 Å². The maximum absolute atomic E-state index is 11.9. The van der Waals surface area contributed by atoms with Gasteiger partial charge in [-0.1, -0.05) is 18.2 Å². The molecule has 1 unspecified atom stereocenters. The molecule has 2 N–H and O–H groups in total. The van der Waals surface area contributed by atoms with Gasteiger partial charge in [0, 0.05) is 43.5 Å². The third-order valence-electron chi connectivity index (χ3n) is 5.37. The lowest BCUT2D eigenvalue weighted by Crippen LogP contribution is -2.32. The van der Waals surface area contributed by atoms with Gasteiger partial charge in [-0.2, -0.15) is 0 Å². The summed E-state index contributed by atoms with van der Waals surface area (Å²) in [6.07, 6.45) is 2.35. The number of fused-ring (bicyclic) bond motifs is 2. The van der Waals surface area contributed by atoms with E-state index in [0.717, 1.165) is 53.1 Å². The minimum absolute atomic E-state index is 0.103. The van der Waals surface area contributed by atoms with Crippen LogP contribution in [0.1, 0.15) is 40.7 Å². The quantitative estimate of drug-likeness (QED) is 0.856. The first kappa shape index (κ1) is 17.3. The van der Waals surface area contributed by atoms with Crippen molar-refractivity contribution in [3.63, 3.8) is 0 Å². The third-order valence-corrected chi connectivity index (χ3v) is 5.37. The van der Waals surface area contributed by atoms with Gasteiger partial charge in [-0.15, -0.1) is 0 Å². The highest BCUT2D eigenvalue weighted by Crippen LogP contribution is 2.45. The van der Waals surface area contributed by atoms with Crippen LogP contribution in [0.3, 0.4) is 0 Å². The molecule has 27 heavy (non-hydrogen) atoms. The molecule has 138 valence electrons. The zero-order valence-electron chi connectivity index (χ0n) is 15.5. The van der Waals surface area contributed by atoms with Crippen molar-refractivity contribution in [1.29, 1.82) is 0 Å². The van der Waals surface area contributed by atoms with Gasteiger partial charge in [-0.3, -0.25) is 4.99 Å². The average molecular weight is 362 g/mol. The predicted molar refractivity (Wildman–Crippen MR) is 107 cm³/mol. The third kappa shape index (κ3) is 2.99. The molecule has 2 aromatic rings. The Balaban J connectivity index is 1.96. The summed E-state index contributed by atoms with van der Waals surface area (Å²) < 4.78 is 6.34. The number of carboxylic acids is 1. The molecular weight excluding hydrogens is 340 g/mol. The van der Waals surface area contributed by atoms with Crippen LogP contribution in [0.5, 0.6) is 5.75 Å². The largest absolute Gasteiger partial charge is 0.485 e. The van der Waals surface area contributed by atoms with Crippen LogP contribution in [0.4, 0.5) is 5.69 Å². The summed E-state index contributed by atoms with van der Waals surface area (Å²) in [7, 11) is 3.69. The Morgan fingerprint density at radius 1 is 1.19 bits per heavy atom. The number of rotatable bonds is 3. The van der Waals surface area contributed by atoms with Crippen LogP contribution >= 0.6 is 0 Å². The van der Waals surface area contributed by atoms with E-state index in [1.54, 1.807) is 12.1 Å². The van der Waals surface area contributed by atoms with Gasteiger partial charge in [0.1, 0.15) is 11.9 Å². The van der Waals surface area contributed by atoms with E-state index in [1.807, 2.05) is 44.4 Å². The van der Waals surface area contributed by atoms with Gasteiger partial charge in [0.2, 0.25) is 0 Å². The number of ether oxygens (including phenoxy) is 1. The van der Waals surface area contributed by atoms with Crippen LogP contribution in [-0.2, 0) is 0 Å². The lowest BCUT2D eigenvalue weighted by molar-refractivity contribution is 0.0696. The van der Waals surface area contributed by atoms with Crippen LogP contribution in [0, 0.1) is 0 Å². The van der Waals surface area contributed by atoms with E-state index < -0.39 is 5.97 Å². The van der Waals surface area contributed by atoms with Crippen LogP contribution in [0.25, 0.3) is 5.57 Å². The van der Waals surface area contributed by atoms with Gasteiger partial charge >= 0.3 is 5.97 Å². The highest BCUT2D eigenvalue weighted by molar-refractivity contribution is 6.00. The SMILES string of the molecule is C/N=C1\CCC2=C(c3ccccc3C(=O)O)c3ccc(NC)cc3OC2C1. The summed E-state index contributed by atoms with van der Waals surface area (Å²) in [4.78, 5) is 16.2. The summed E-state index contributed by atoms with van der Waals surface area (Å²) in [5.41, 5.74) is 6.29. The first-order chi connectivity index (χ1) is 13.1. The van der Waals surface area contributed by atoms with Gasteiger partial charge in [0.15, 0.2) is 0 Å². The molecule has 1 aliphatic carbocycles. The van der Waals surface area contributed by atoms with Crippen molar-refractivity contribution in [3.05, 3.63) is 64.7 Å². The zero-order chi connectivity index (χ0) is 19.0. The Hall–Kier alpha value is -3.08. The fourth-order valence-corrected chi connectivity index (χ4v) is 3.99. The fraction of sp³-hybridized carbons (Fsp3) is 0.273. The van der Waals surface area contributed by atoms with Crippen LogP contribution < -0.4 is 10.1 Å². The smallest absolute Gasteiger partial charge is 0.336 e. The van der Waals surface area contributed by atoms with E-state index in [-0.39, 0.29) is 6.10 Å². The summed E-state index contributed by atoms with van der Waals surface area (Å²) in [6, 6.07) is 13.2. The molecule has 2 aliphatic rings. The Morgan fingerprint density at radius 2 is 2.00 bits per heavy atom. The standard InChI is InChI=1S/C22H22N2O3/c1-23-13-7-9-17-19(11-13)27-20-12-14(24-2)8-10-18(20)21(17)15-5-3-4-6-16(15)22(25)26/h3-7,9,11,20,23H,8,10,12H2,1-2H3,(H,25,26)/b24-14+. The lowest BCUT2D eigenvalue weighted by Gasteiger charge is -2.35. The second kappa shape index (κ2) is 6.91. The van der Waals surface area contributed by atoms with E-state index in [4.69, 9.17) is 4.74 Å². The van der Waals surface area contributed by atoms with Crippen molar-refractivity contribution in [2.45, 2.75) is 25.4 Å². The van der Waals surface area contributed by atoms with E-state index >= 15 is 0 Å². The minimum Gasteiger partial charge on any atom is -0.485 e. The Morgan fingerprint density at radius 3 is 2.74 bits per heavy atom. The molecule has 0 radical (unpaired) electrons. The monoisotopic (exact) mass is 362 g/mol. The molecule has 1 saturated carbocycles. The van der Waals surface area contributed by atoms with Crippen molar-refractivity contribution in [3.8, 4) is 5.75 Å². The summed E-state index contributed by atoms with van der Waals surface area (Å²) >= 11 is 0.